The van der Waals surface area contributed by atoms with Crippen molar-refractivity contribution in [1.82, 2.24) is 19.3 Å². The van der Waals surface area contributed by atoms with E-state index in [0.29, 0.717) is 6.54 Å². The Balaban J connectivity index is 1.56. The molecular weight excluding hydrogens is 350 g/mol. The van der Waals surface area contributed by atoms with Crippen LogP contribution in [0.15, 0.2) is 67.0 Å². The second-order valence-electron chi connectivity index (χ2n) is 6.81. The van der Waals surface area contributed by atoms with E-state index in [0.717, 1.165) is 34.5 Å². The molecule has 0 aliphatic rings. The first-order valence-electron chi connectivity index (χ1n) is 9.48. The van der Waals surface area contributed by atoms with Crippen molar-refractivity contribution in [2.24, 2.45) is 0 Å². The molecule has 28 heavy (non-hydrogen) atoms. The minimum atomic E-state index is -0.364. The quantitative estimate of drug-likeness (QED) is 0.555. The van der Waals surface area contributed by atoms with Crippen molar-refractivity contribution in [3.8, 4) is 0 Å². The van der Waals surface area contributed by atoms with Crippen LogP contribution in [0.3, 0.4) is 0 Å². The largest absolute Gasteiger partial charge is 0.324 e. The Hall–Kier alpha value is -3.41. The molecule has 1 amide bonds. The number of rotatable bonds is 6. The fourth-order valence-corrected chi connectivity index (χ4v) is 3.47. The Kier molecular flexibility index (Phi) is 4.93. The van der Waals surface area contributed by atoms with Crippen LogP contribution in [0.1, 0.15) is 31.3 Å². The van der Waals surface area contributed by atoms with Gasteiger partial charge in [-0.2, -0.15) is 5.10 Å². The summed E-state index contributed by atoms with van der Waals surface area (Å²) >= 11 is 0. The van der Waals surface area contributed by atoms with Crippen LogP contribution in [-0.2, 0) is 17.8 Å². The summed E-state index contributed by atoms with van der Waals surface area (Å²) in [4.78, 5) is 17.6. The standard InChI is InChI=1S/C22H23N5O/c1-3-21-25-19-10-4-5-11-20(19)27(21)16(2)22(28)24-18-9-6-8-17(14-18)15-26-13-7-12-23-26/h4-14,16H,3,15H2,1-2H3,(H,24,28)/t16-/m0/s1. The van der Waals surface area contributed by atoms with Gasteiger partial charge in [0, 0.05) is 24.5 Å². The number of carbonyl (C=O) groups is 1. The number of anilines is 1. The summed E-state index contributed by atoms with van der Waals surface area (Å²) in [7, 11) is 0. The van der Waals surface area contributed by atoms with Crippen molar-refractivity contribution in [3.63, 3.8) is 0 Å². The van der Waals surface area contributed by atoms with Crippen LogP contribution in [0.5, 0.6) is 0 Å². The van der Waals surface area contributed by atoms with Crippen LogP contribution >= 0.6 is 0 Å². The second kappa shape index (κ2) is 7.68. The van der Waals surface area contributed by atoms with Gasteiger partial charge in [0.1, 0.15) is 11.9 Å². The zero-order chi connectivity index (χ0) is 19.5. The number of aromatic nitrogens is 4. The molecule has 0 saturated heterocycles. The number of para-hydroxylation sites is 2. The molecule has 0 radical (unpaired) electrons. The average Bonchev–Trinajstić information content (AvgIpc) is 3.34. The minimum absolute atomic E-state index is 0.0610. The Labute approximate surface area is 163 Å². The highest BCUT2D eigenvalue weighted by Gasteiger charge is 2.21. The van der Waals surface area contributed by atoms with Gasteiger partial charge in [-0.3, -0.25) is 9.48 Å². The number of carbonyl (C=O) groups excluding carboxylic acids is 1. The molecule has 6 nitrogen and oxygen atoms in total. The maximum absolute atomic E-state index is 13.0. The molecule has 2 aromatic heterocycles. The molecule has 0 unspecified atom stereocenters. The van der Waals surface area contributed by atoms with Crippen molar-refractivity contribution in [2.45, 2.75) is 32.9 Å². The lowest BCUT2D eigenvalue weighted by Gasteiger charge is -2.17. The molecule has 0 bridgehead atoms. The van der Waals surface area contributed by atoms with E-state index in [2.05, 4.69) is 22.3 Å². The molecule has 1 atom stereocenters. The molecule has 6 heteroatoms. The van der Waals surface area contributed by atoms with Gasteiger partial charge in [0.25, 0.3) is 0 Å². The molecule has 1 N–H and O–H groups in total. The van der Waals surface area contributed by atoms with E-state index in [1.807, 2.05) is 77.0 Å². The number of nitrogens with zero attached hydrogens (tertiary/aromatic N) is 4. The summed E-state index contributed by atoms with van der Waals surface area (Å²) in [5.74, 6) is 0.852. The van der Waals surface area contributed by atoms with Gasteiger partial charge in [0.2, 0.25) is 5.91 Å². The SMILES string of the molecule is CCc1nc2ccccc2n1[C@@H](C)C(=O)Nc1cccc(Cn2cccn2)c1. The van der Waals surface area contributed by atoms with Crippen LogP contribution in [0.4, 0.5) is 5.69 Å². The lowest BCUT2D eigenvalue weighted by Crippen LogP contribution is -2.25. The predicted molar refractivity (Wildman–Crippen MR) is 110 cm³/mol. The number of fused-ring (bicyclic) bond motifs is 1. The van der Waals surface area contributed by atoms with Gasteiger partial charge in [0.05, 0.1) is 17.6 Å². The first kappa shape index (κ1) is 18.0. The number of imidazole rings is 1. The van der Waals surface area contributed by atoms with Crippen LogP contribution in [-0.4, -0.2) is 25.2 Å². The first-order valence-corrected chi connectivity index (χ1v) is 9.48. The van der Waals surface area contributed by atoms with Gasteiger partial charge >= 0.3 is 0 Å². The third-order valence-corrected chi connectivity index (χ3v) is 4.85. The summed E-state index contributed by atoms with van der Waals surface area (Å²) in [6, 6.07) is 17.3. The molecule has 0 spiro atoms. The van der Waals surface area contributed by atoms with Gasteiger partial charge in [-0.05, 0) is 42.8 Å². The molecule has 2 aromatic carbocycles. The minimum Gasteiger partial charge on any atom is -0.324 e. The highest BCUT2D eigenvalue weighted by Crippen LogP contribution is 2.23. The topological polar surface area (TPSA) is 64.7 Å². The van der Waals surface area contributed by atoms with E-state index in [-0.39, 0.29) is 11.9 Å². The lowest BCUT2D eigenvalue weighted by atomic mass is 10.2. The highest BCUT2D eigenvalue weighted by atomic mass is 16.2. The molecule has 0 saturated carbocycles. The Morgan fingerprint density at radius 1 is 1.14 bits per heavy atom. The average molecular weight is 373 g/mol. The van der Waals surface area contributed by atoms with Gasteiger partial charge in [-0.15, -0.1) is 0 Å². The van der Waals surface area contributed by atoms with Crippen molar-refractivity contribution in [2.75, 3.05) is 5.32 Å². The van der Waals surface area contributed by atoms with Gasteiger partial charge in [-0.25, -0.2) is 4.98 Å². The van der Waals surface area contributed by atoms with Crippen molar-refractivity contribution < 1.29 is 4.79 Å². The van der Waals surface area contributed by atoms with Crippen molar-refractivity contribution >= 4 is 22.6 Å². The summed E-state index contributed by atoms with van der Waals surface area (Å²) in [6.45, 7) is 4.63. The maximum atomic E-state index is 13.0. The van der Waals surface area contributed by atoms with Gasteiger partial charge in [0.15, 0.2) is 0 Å². The fourth-order valence-electron chi connectivity index (χ4n) is 3.47. The highest BCUT2D eigenvalue weighted by molar-refractivity contribution is 5.94. The molecule has 4 rings (SSSR count). The molecule has 2 heterocycles. The van der Waals surface area contributed by atoms with Crippen LogP contribution < -0.4 is 5.32 Å². The smallest absolute Gasteiger partial charge is 0.247 e. The lowest BCUT2D eigenvalue weighted by molar-refractivity contribution is -0.118. The van der Waals surface area contributed by atoms with E-state index in [1.54, 1.807) is 6.20 Å². The third kappa shape index (κ3) is 3.53. The summed E-state index contributed by atoms with van der Waals surface area (Å²) < 4.78 is 3.88. The number of benzene rings is 2. The van der Waals surface area contributed by atoms with Gasteiger partial charge in [-0.1, -0.05) is 31.2 Å². The predicted octanol–water partition coefficient (Wildman–Crippen LogP) is 4.04. The molecule has 0 fully saturated rings. The van der Waals surface area contributed by atoms with Crippen LogP contribution in [0.2, 0.25) is 0 Å². The molecule has 0 aliphatic heterocycles. The van der Waals surface area contributed by atoms with Crippen molar-refractivity contribution in [3.05, 3.63) is 78.4 Å². The number of amides is 1. The normalized spacial score (nSPS) is 12.2. The Morgan fingerprint density at radius 2 is 2.00 bits per heavy atom. The van der Waals surface area contributed by atoms with E-state index >= 15 is 0 Å². The van der Waals surface area contributed by atoms with E-state index in [9.17, 15) is 4.79 Å². The molecule has 0 aliphatic carbocycles. The summed E-state index contributed by atoms with van der Waals surface area (Å²) in [6.07, 6.45) is 4.45. The number of nitrogens with one attached hydrogen (secondary N) is 1. The summed E-state index contributed by atoms with van der Waals surface area (Å²) in [5, 5.41) is 7.28. The number of hydrogen-bond donors (Lipinski definition) is 1. The fraction of sp³-hybridized carbons (Fsp3) is 0.227. The maximum Gasteiger partial charge on any atom is 0.247 e. The Bertz CT molecular complexity index is 1100. The molecule has 4 aromatic rings. The number of aryl methyl sites for hydroxylation is 1. The Morgan fingerprint density at radius 3 is 2.79 bits per heavy atom. The second-order valence-corrected chi connectivity index (χ2v) is 6.81. The van der Waals surface area contributed by atoms with Crippen molar-refractivity contribution in [1.29, 1.82) is 0 Å². The summed E-state index contributed by atoms with van der Waals surface area (Å²) in [5.41, 5.74) is 3.76. The van der Waals surface area contributed by atoms with E-state index in [1.165, 1.54) is 0 Å². The molecular formula is C22H23N5O. The first-order chi connectivity index (χ1) is 13.7. The van der Waals surface area contributed by atoms with E-state index in [4.69, 9.17) is 0 Å². The monoisotopic (exact) mass is 373 g/mol. The third-order valence-electron chi connectivity index (χ3n) is 4.85. The van der Waals surface area contributed by atoms with E-state index < -0.39 is 0 Å². The zero-order valence-electron chi connectivity index (χ0n) is 16.0. The van der Waals surface area contributed by atoms with Gasteiger partial charge < -0.3 is 9.88 Å². The van der Waals surface area contributed by atoms with Crippen LogP contribution in [0, 0.1) is 0 Å². The number of hydrogen-bond acceptors (Lipinski definition) is 3. The molecule has 142 valence electrons. The zero-order valence-corrected chi connectivity index (χ0v) is 16.0. The van der Waals surface area contributed by atoms with Crippen LogP contribution in [0.25, 0.3) is 11.0 Å².